The highest BCUT2D eigenvalue weighted by Crippen LogP contribution is 2.10. The van der Waals surface area contributed by atoms with E-state index < -0.39 is 17.7 Å². The van der Waals surface area contributed by atoms with Crippen molar-refractivity contribution in [2.75, 3.05) is 18.4 Å². The van der Waals surface area contributed by atoms with Crippen LogP contribution in [0.15, 0.2) is 12.1 Å². The first-order valence-electron chi connectivity index (χ1n) is 6.61. The molecule has 1 amide bonds. The Hall–Kier alpha value is -2.31. The van der Waals surface area contributed by atoms with Crippen LogP contribution in [-0.4, -0.2) is 40.8 Å². The predicted molar refractivity (Wildman–Crippen MR) is 78.7 cm³/mol. The molecule has 0 spiro atoms. The van der Waals surface area contributed by atoms with E-state index in [4.69, 9.17) is 9.84 Å². The summed E-state index contributed by atoms with van der Waals surface area (Å²) < 4.78 is 5.09. The highest BCUT2D eigenvalue weighted by Gasteiger charge is 2.15. The minimum atomic E-state index is -1.00. The number of aromatic carboxylic acids is 1. The van der Waals surface area contributed by atoms with Gasteiger partial charge in [0.05, 0.1) is 11.3 Å². The quantitative estimate of drug-likeness (QED) is 0.719. The molecule has 1 aromatic rings. The maximum atomic E-state index is 11.4. The van der Waals surface area contributed by atoms with Crippen molar-refractivity contribution in [3.8, 4) is 0 Å². The molecule has 0 aliphatic carbocycles. The van der Waals surface area contributed by atoms with Crippen LogP contribution in [0.2, 0.25) is 0 Å². The van der Waals surface area contributed by atoms with Gasteiger partial charge in [-0.3, -0.25) is 0 Å². The van der Waals surface area contributed by atoms with Gasteiger partial charge in [0, 0.05) is 13.1 Å². The molecular weight excluding hydrogens is 274 g/mol. The monoisotopic (exact) mass is 295 g/mol. The molecule has 116 valence electrons. The number of carbonyl (C=O) groups is 2. The Morgan fingerprint density at radius 2 is 1.95 bits per heavy atom. The van der Waals surface area contributed by atoms with Gasteiger partial charge in [0.2, 0.25) is 0 Å². The Bertz CT molecular complexity index is 523. The number of carbonyl (C=O) groups excluding carboxylic acids is 1. The number of nitrogens with zero attached hydrogens (tertiary/aromatic N) is 1. The number of pyridine rings is 1. The molecule has 1 heterocycles. The molecular formula is C14H21N3O4. The first-order valence-corrected chi connectivity index (χ1v) is 6.61. The number of carboxylic acid groups (broad SMARTS) is 1. The van der Waals surface area contributed by atoms with E-state index in [1.807, 2.05) is 0 Å². The van der Waals surface area contributed by atoms with Gasteiger partial charge in [-0.1, -0.05) is 0 Å². The minimum absolute atomic E-state index is 0.174. The molecule has 0 aliphatic heterocycles. The fourth-order valence-corrected chi connectivity index (χ4v) is 1.55. The summed E-state index contributed by atoms with van der Waals surface area (Å²) in [5.74, 6) is -0.443. The van der Waals surface area contributed by atoms with Gasteiger partial charge in [0.15, 0.2) is 0 Å². The van der Waals surface area contributed by atoms with Crippen molar-refractivity contribution in [3.63, 3.8) is 0 Å². The number of hydrogen-bond acceptors (Lipinski definition) is 5. The summed E-state index contributed by atoms with van der Waals surface area (Å²) in [6, 6.07) is 3.08. The van der Waals surface area contributed by atoms with Gasteiger partial charge in [-0.05, 0) is 39.8 Å². The van der Waals surface area contributed by atoms with Gasteiger partial charge in [-0.2, -0.15) is 0 Å². The van der Waals surface area contributed by atoms with Crippen molar-refractivity contribution < 1.29 is 19.4 Å². The molecule has 0 atom stereocenters. The van der Waals surface area contributed by atoms with Gasteiger partial charge in [-0.25, -0.2) is 14.6 Å². The Labute approximate surface area is 123 Å². The van der Waals surface area contributed by atoms with Crippen LogP contribution in [-0.2, 0) is 4.74 Å². The summed E-state index contributed by atoms with van der Waals surface area (Å²) in [4.78, 5) is 26.4. The fourth-order valence-electron chi connectivity index (χ4n) is 1.55. The lowest BCUT2D eigenvalue weighted by molar-refractivity contribution is 0.0529. The minimum Gasteiger partial charge on any atom is -0.478 e. The molecule has 7 heteroatoms. The largest absolute Gasteiger partial charge is 0.478 e. The van der Waals surface area contributed by atoms with E-state index in [0.29, 0.717) is 24.6 Å². The topological polar surface area (TPSA) is 101 Å². The average molecular weight is 295 g/mol. The lowest BCUT2D eigenvalue weighted by Gasteiger charge is -2.19. The predicted octanol–water partition coefficient (Wildman–Crippen LogP) is 2.02. The number of amides is 1. The summed E-state index contributed by atoms with van der Waals surface area (Å²) >= 11 is 0. The number of anilines is 1. The number of hydrogen-bond donors (Lipinski definition) is 3. The highest BCUT2D eigenvalue weighted by atomic mass is 16.6. The molecule has 0 bridgehead atoms. The highest BCUT2D eigenvalue weighted by molar-refractivity contribution is 5.89. The van der Waals surface area contributed by atoms with E-state index in [0.717, 1.165) is 0 Å². The second kappa shape index (κ2) is 6.92. The first kappa shape index (κ1) is 16.7. The number of carboxylic acids is 1. The molecule has 0 aliphatic rings. The number of aromatic nitrogens is 1. The SMILES string of the molecule is Cc1nc(NCCNC(=O)OC(C)(C)C)ccc1C(=O)O. The van der Waals surface area contributed by atoms with Crippen molar-refractivity contribution in [1.29, 1.82) is 0 Å². The lowest BCUT2D eigenvalue weighted by atomic mass is 10.2. The zero-order valence-electron chi connectivity index (χ0n) is 12.7. The molecule has 1 aromatic heterocycles. The van der Waals surface area contributed by atoms with Gasteiger partial charge < -0.3 is 20.5 Å². The third-order valence-electron chi connectivity index (χ3n) is 2.42. The van der Waals surface area contributed by atoms with E-state index in [-0.39, 0.29) is 5.56 Å². The summed E-state index contributed by atoms with van der Waals surface area (Å²) in [5, 5.41) is 14.5. The van der Waals surface area contributed by atoms with Crippen LogP contribution < -0.4 is 10.6 Å². The number of nitrogens with one attached hydrogen (secondary N) is 2. The van der Waals surface area contributed by atoms with E-state index in [1.54, 1.807) is 33.8 Å². The third kappa shape index (κ3) is 6.11. The molecule has 0 saturated heterocycles. The molecule has 0 unspecified atom stereocenters. The average Bonchev–Trinajstić information content (AvgIpc) is 2.32. The van der Waals surface area contributed by atoms with Crippen molar-refractivity contribution in [1.82, 2.24) is 10.3 Å². The number of aryl methyl sites for hydroxylation is 1. The van der Waals surface area contributed by atoms with Crippen LogP contribution >= 0.6 is 0 Å². The fraction of sp³-hybridized carbons (Fsp3) is 0.500. The smallest absolute Gasteiger partial charge is 0.407 e. The molecule has 1 rings (SSSR count). The summed E-state index contributed by atoms with van der Waals surface area (Å²) in [5.41, 5.74) is 0.0862. The summed E-state index contributed by atoms with van der Waals surface area (Å²) in [7, 11) is 0. The van der Waals surface area contributed by atoms with Crippen LogP contribution in [0.4, 0.5) is 10.6 Å². The van der Waals surface area contributed by atoms with Crippen molar-refractivity contribution in [3.05, 3.63) is 23.4 Å². The van der Waals surface area contributed by atoms with Crippen LogP contribution in [0, 0.1) is 6.92 Å². The zero-order valence-corrected chi connectivity index (χ0v) is 12.7. The molecule has 0 saturated carbocycles. The Morgan fingerprint density at radius 1 is 1.29 bits per heavy atom. The molecule has 0 fully saturated rings. The Kier molecular flexibility index (Phi) is 5.52. The number of rotatable bonds is 5. The van der Waals surface area contributed by atoms with Gasteiger partial charge in [-0.15, -0.1) is 0 Å². The maximum absolute atomic E-state index is 11.4. The van der Waals surface area contributed by atoms with Gasteiger partial charge in [0.25, 0.3) is 0 Å². The summed E-state index contributed by atoms with van der Waals surface area (Å²) in [6.07, 6.45) is -0.477. The van der Waals surface area contributed by atoms with Crippen LogP contribution in [0.25, 0.3) is 0 Å². The van der Waals surface area contributed by atoms with Crippen LogP contribution in [0.1, 0.15) is 36.8 Å². The Balaban J connectivity index is 2.38. The number of ether oxygens (including phenoxy) is 1. The second-order valence-corrected chi connectivity index (χ2v) is 5.49. The number of alkyl carbamates (subject to hydrolysis) is 1. The molecule has 0 radical (unpaired) electrons. The lowest BCUT2D eigenvalue weighted by Crippen LogP contribution is -2.35. The van der Waals surface area contributed by atoms with E-state index in [9.17, 15) is 9.59 Å². The maximum Gasteiger partial charge on any atom is 0.407 e. The standard InChI is InChI=1S/C14H21N3O4/c1-9-10(12(18)19)5-6-11(17-9)15-7-8-16-13(20)21-14(2,3)4/h5-6H,7-8H2,1-4H3,(H,15,17)(H,16,20)(H,18,19). The van der Waals surface area contributed by atoms with Crippen LogP contribution in [0.3, 0.4) is 0 Å². The van der Waals surface area contributed by atoms with Crippen molar-refractivity contribution >= 4 is 17.9 Å². The zero-order chi connectivity index (χ0) is 16.0. The van der Waals surface area contributed by atoms with Crippen molar-refractivity contribution in [2.45, 2.75) is 33.3 Å². The van der Waals surface area contributed by atoms with E-state index in [2.05, 4.69) is 15.6 Å². The molecule has 0 aromatic carbocycles. The van der Waals surface area contributed by atoms with Crippen LogP contribution in [0.5, 0.6) is 0 Å². The Morgan fingerprint density at radius 3 is 2.48 bits per heavy atom. The van der Waals surface area contributed by atoms with E-state index in [1.165, 1.54) is 6.07 Å². The second-order valence-electron chi connectivity index (χ2n) is 5.49. The van der Waals surface area contributed by atoms with E-state index >= 15 is 0 Å². The van der Waals surface area contributed by atoms with Gasteiger partial charge >= 0.3 is 12.1 Å². The normalized spacial score (nSPS) is 10.9. The molecule has 21 heavy (non-hydrogen) atoms. The third-order valence-corrected chi connectivity index (χ3v) is 2.42. The molecule has 7 nitrogen and oxygen atoms in total. The van der Waals surface area contributed by atoms with Crippen molar-refractivity contribution in [2.24, 2.45) is 0 Å². The molecule has 3 N–H and O–H groups in total. The summed E-state index contributed by atoms with van der Waals surface area (Å²) in [6.45, 7) is 7.84. The first-order chi connectivity index (χ1) is 9.69. The van der Waals surface area contributed by atoms with Gasteiger partial charge in [0.1, 0.15) is 11.4 Å².